The van der Waals surface area contributed by atoms with Crippen LogP contribution in [0.3, 0.4) is 0 Å². The molecule has 0 aliphatic carbocycles. The van der Waals surface area contributed by atoms with Gasteiger partial charge in [0.05, 0.1) is 5.92 Å². The highest BCUT2D eigenvalue weighted by molar-refractivity contribution is 5.88. The summed E-state index contributed by atoms with van der Waals surface area (Å²) in [6.07, 6.45) is 7.16. The number of carboxylic acids is 1. The van der Waals surface area contributed by atoms with E-state index in [9.17, 15) is 14.4 Å². The van der Waals surface area contributed by atoms with Gasteiger partial charge in [-0.05, 0) is 64.9 Å². The van der Waals surface area contributed by atoms with E-state index in [2.05, 4.69) is 0 Å². The summed E-state index contributed by atoms with van der Waals surface area (Å²) in [5.41, 5.74) is -0.501. The van der Waals surface area contributed by atoms with Gasteiger partial charge in [-0.3, -0.25) is 9.59 Å². The van der Waals surface area contributed by atoms with E-state index in [4.69, 9.17) is 9.84 Å². The third-order valence-corrected chi connectivity index (χ3v) is 4.98. The summed E-state index contributed by atoms with van der Waals surface area (Å²) in [7, 11) is 0. The van der Waals surface area contributed by atoms with Crippen molar-refractivity contribution in [1.82, 2.24) is 9.80 Å². The number of amides is 2. The minimum absolute atomic E-state index is 0.124. The SMILES string of the molecule is CC(C)(C)OC(=O)N1CCCC(CC=CC(=O)N2CCC[C@@H](C(=O)O)C2)C1. The summed E-state index contributed by atoms with van der Waals surface area (Å²) >= 11 is 0. The average molecular weight is 380 g/mol. The molecule has 2 rings (SSSR count). The summed E-state index contributed by atoms with van der Waals surface area (Å²) in [6, 6.07) is 0. The molecule has 2 fully saturated rings. The van der Waals surface area contributed by atoms with Gasteiger partial charge in [0, 0.05) is 26.2 Å². The zero-order chi connectivity index (χ0) is 20.0. The summed E-state index contributed by atoms with van der Waals surface area (Å²) in [4.78, 5) is 39.0. The number of piperidine rings is 2. The Bertz CT molecular complexity index is 581. The lowest BCUT2D eigenvalue weighted by molar-refractivity contribution is -0.144. The third-order valence-electron chi connectivity index (χ3n) is 4.98. The van der Waals surface area contributed by atoms with Gasteiger partial charge in [0.15, 0.2) is 0 Å². The van der Waals surface area contributed by atoms with Crippen LogP contribution < -0.4 is 0 Å². The first-order valence-electron chi connectivity index (χ1n) is 9.82. The van der Waals surface area contributed by atoms with Crippen LogP contribution in [-0.2, 0) is 14.3 Å². The summed E-state index contributed by atoms with van der Waals surface area (Å²) < 4.78 is 5.44. The van der Waals surface area contributed by atoms with Crippen molar-refractivity contribution in [1.29, 1.82) is 0 Å². The number of allylic oxidation sites excluding steroid dienone is 1. The molecular formula is C20H32N2O5. The first kappa shape index (κ1) is 21.3. The zero-order valence-corrected chi connectivity index (χ0v) is 16.6. The fraction of sp³-hybridized carbons (Fsp3) is 0.750. The van der Waals surface area contributed by atoms with Gasteiger partial charge in [0.1, 0.15) is 5.60 Å². The van der Waals surface area contributed by atoms with Crippen LogP contribution in [0.4, 0.5) is 4.79 Å². The van der Waals surface area contributed by atoms with E-state index in [1.165, 1.54) is 0 Å². The smallest absolute Gasteiger partial charge is 0.410 e. The molecule has 2 aliphatic heterocycles. The van der Waals surface area contributed by atoms with Crippen molar-refractivity contribution in [2.45, 2.75) is 58.5 Å². The van der Waals surface area contributed by atoms with Crippen LogP contribution >= 0.6 is 0 Å². The molecule has 7 nitrogen and oxygen atoms in total. The molecule has 152 valence electrons. The number of hydrogen-bond donors (Lipinski definition) is 1. The largest absolute Gasteiger partial charge is 0.481 e. The minimum atomic E-state index is -0.832. The topological polar surface area (TPSA) is 87.2 Å². The molecule has 0 spiro atoms. The molecule has 0 aromatic carbocycles. The molecule has 27 heavy (non-hydrogen) atoms. The molecule has 2 saturated heterocycles. The Kier molecular flexibility index (Phi) is 7.27. The van der Waals surface area contributed by atoms with Gasteiger partial charge in [-0.15, -0.1) is 0 Å². The third kappa shape index (κ3) is 6.88. The number of aliphatic carboxylic acids is 1. The van der Waals surface area contributed by atoms with Gasteiger partial charge >= 0.3 is 12.1 Å². The van der Waals surface area contributed by atoms with E-state index < -0.39 is 17.5 Å². The molecule has 2 aliphatic rings. The van der Waals surface area contributed by atoms with Crippen LogP contribution in [0.5, 0.6) is 0 Å². The Morgan fingerprint density at radius 3 is 2.41 bits per heavy atom. The van der Waals surface area contributed by atoms with Crippen molar-refractivity contribution in [3.05, 3.63) is 12.2 Å². The second-order valence-electron chi connectivity index (χ2n) is 8.53. The molecule has 2 heterocycles. The molecule has 0 saturated carbocycles. The van der Waals surface area contributed by atoms with E-state index in [0.29, 0.717) is 32.0 Å². The van der Waals surface area contributed by atoms with E-state index in [-0.39, 0.29) is 18.5 Å². The van der Waals surface area contributed by atoms with Crippen LogP contribution in [0.15, 0.2) is 12.2 Å². The Morgan fingerprint density at radius 2 is 1.74 bits per heavy atom. The molecule has 0 bridgehead atoms. The van der Waals surface area contributed by atoms with Crippen LogP contribution in [0.25, 0.3) is 0 Å². The molecule has 2 atom stereocenters. The number of likely N-dealkylation sites (tertiary alicyclic amines) is 2. The van der Waals surface area contributed by atoms with Gasteiger partial charge in [-0.1, -0.05) is 6.08 Å². The van der Waals surface area contributed by atoms with Crippen LogP contribution in [0.1, 0.15) is 52.9 Å². The number of carbonyl (C=O) groups excluding carboxylic acids is 2. The first-order valence-corrected chi connectivity index (χ1v) is 9.82. The molecule has 7 heteroatoms. The van der Waals surface area contributed by atoms with Crippen molar-refractivity contribution in [2.75, 3.05) is 26.2 Å². The molecule has 0 aromatic heterocycles. The molecular weight excluding hydrogens is 348 g/mol. The van der Waals surface area contributed by atoms with Gasteiger partial charge in [-0.25, -0.2) is 4.79 Å². The monoisotopic (exact) mass is 380 g/mol. The van der Waals surface area contributed by atoms with Crippen molar-refractivity contribution in [3.8, 4) is 0 Å². The van der Waals surface area contributed by atoms with Crippen molar-refractivity contribution < 1.29 is 24.2 Å². The van der Waals surface area contributed by atoms with Crippen LogP contribution in [0, 0.1) is 11.8 Å². The Morgan fingerprint density at radius 1 is 1.07 bits per heavy atom. The van der Waals surface area contributed by atoms with E-state index in [1.807, 2.05) is 26.8 Å². The van der Waals surface area contributed by atoms with Gasteiger partial charge < -0.3 is 19.6 Å². The molecule has 0 aromatic rings. The molecule has 1 unspecified atom stereocenters. The fourth-order valence-corrected chi connectivity index (χ4v) is 3.60. The molecule has 1 N–H and O–H groups in total. The standard InChI is InChI=1S/C20H32N2O5/c1-20(2,3)27-19(26)22-12-5-8-15(13-22)7-4-10-17(23)21-11-6-9-16(14-21)18(24)25/h4,10,15-16H,5-9,11-14H2,1-3H3,(H,24,25)/t15?,16-/m1/s1. The highest BCUT2D eigenvalue weighted by atomic mass is 16.6. The van der Waals surface area contributed by atoms with Gasteiger partial charge in [0.25, 0.3) is 0 Å². The Labute approximate surface area is 161 Å². The number of ether oxygens (including phenoxy) is 1. The van der Waals surface area contributed by atoms with Gasteiger partial charge in [0.2, 0.25) is 5.91 Å². The maximum absolute atomic E-state index is 12.3. The van der Waals surface area contributed by atoms with Crippen molar-refractivity contribution >= 4 is 18.0 Å². The number of hydrogen-bond acceptors (Lipinski definition) is 4. The zero-order valence-electron chi connectivity index (χ0n) is 16.6. The second-order valence-corrected chi connectivity index (χ2v) is 8.53. The van der Waals surface area contributed by atoms with Crippen LogP contribution in [0.2, 0.25) is 0 Å². The Hall–Kier alpha value is -2.05. The fourth-order valence-electron chi connectivity index (χ4n) is 3.60. The first-order chi connectivity index (χ1) is 12.7. The van der Waals surface area contributed by atoms with E-state index in [1.54, 1.807) is 15.9 Å². The minimum Gasteiger partial charge on any atom is -0.481 e. The number of nitrogens with zero attached hydrogens (tertiary/aromatic N) is 2. The summed E-state index contributed by atoms with van der Waals surface area (Å²) in [6.45, 7) is 7.82. The van der Waals surface area contributed by atoms with E-state index in [0.717, 1.165) is 25.7 Å². The van der Waals surface area contributed by atoms with Crippen LogP contribution in [-0.4, -0.2) is 64.7 Å². The maximum atomic E-state index is 12.3. The number of carboxylic acid groups (broad SMARTS) is 1. The number of carbonyl (C=O) groups is 3. The second kappa shape index (κ2) is 9.24. The number of rotatable bonds is 4. The highest BCUT2D eigenvalue weighted by Gasteiger charge is 2.28. The summed E-state index contributed by atoms with van der Waals surface area (Å²) in [5, 5.41) is 9.13. The quantitative estimate of drug-likeness (QED) is 0.758. The lowest BCUT2D eigenvalue weighted by Gasteiger charge is -2.33. The normalized spacial score (nSPS) is 24.1. The predicted octanol–water partition coefficient (Wildman–Crippen LogP) is 2.90. The maximum Gasteiger partial charge on any atom is 0.410 e. The molecule has 2 amide bonds. The highest BCUT2D eigenvalue weighted by Crippen LogP contribution is 2.22. The Balaban J connectivity index is 1.80. The van der Waals surface area contributed by atoms with Crippen molar-refractivity contribution in [3.63, 3.8) is 0 Å². The predicted molar refractivity (Wildman–Crippen MR) is 101 cm³/mol. The lowest BCUT2D eigenvalue weighted by atomic mass is 9.94. The lowest BCUT2D eigenvalue weighted by Crippen LogP contribution is -2.42. The van der Waals surface area contributed by atoms with Crippen molar-refractivity contribution in [2.24, 2.45) is 11.8 Å². The van der Waals surface area contributed by atoms with Gasteiger partial charge in [-0.2, -0.15) is 0 Å². The average Bonchev–Trinajstić information content (AvgIpc) is 2.60. The molecule has 0 radical (unpaired) electrons. The van der Waals surface area contributed by atoms with E-state index >= 15 is 0 Å². The summed E-state index contributed by atoms with van der Waals surface area (Å²) in [5.74, 6) is -1.11.